The maximum absolute atomic E-state index is 5.72. The van der Waals surface area contributed by atoms with Crippen molar-refractivity contribution in [3.05, 3.63) is 46.5 Å². The van der Waals surface area contributed by atoms with Gasteiger partial charge in [-0.05, 0) is 67.1 Å². The molecule has 6 heteroatoms. The fourth-order valence-electron chi connectivity index (χ4n) is 3.77. The summed E-state index contributed by atoms with van der Waals surface area (Å²) in [5.74, 6) is 3.04. The van der Waals surface area contributed by atoms with Gasteiger partial charge in [0.2, 0.25) is 5.75 Å². The summed E-state index contributed by atoms with van der Waals surface area (Å²) in [6.45, 7) is 5.12. The van der Waals surface area contributed by atoms with Gasteiger partial charge in [0.25, 0.3) is 0 Å². The van der Waals surface area contributed by atoms with Crippen LogP contribution in [-0.2, 0) is 0 Å². The molecule has 3 rings (SSSR count). The molecule has 0 amide bonds. The topological polar surface area (TPSA) is 53.7 Å². The van der Waals surface area contributed by atoms with E-state index in [2.05, 4.69) is 38.1 Å². The molecule has 2 N–H and O–H groups in total. The average molecular weight is 434 g/mol. The molecule has 0 spiro atoms. The van der Waals surface area contributed by atoms with Crippen LogP contribution in [0.5, 0.6) is 17.2 Å². The van der Waals surface area contributed by atoms with E-state index in [1.807, 2.05) is 23.5 Å². The Hall–Kier alpha value is -1.50. The first kappa shape index (κ1) is 22.2. The molecule has 29 heavy (non-hydrogen) atoms. The van der Waals surface area contributed by atoms with Crippen molar-refractivity contribution in [2.75, 3.05) is 33.6 Å². The quantitative estimate of drug-likeness (QED) is 0.540. The first-order chi connectivity index (χ1) is 14.0. The van der Waals surface area contributed by atoms with E-state index in [1.54, 1.807) is 21.3 Å². The van der Waals surface area contributed by atoms with Crippen LogP contribution in [0.4, 0.5) is 0 Å². The zero-order chi connectivity index (χ0) is 21.0. The van der Waals surface area contributed by atoms with Crippen molar-refractivity contribution >= 4 is 23.5 Å². The van der Waals surface area contributed by atoms with Gasteiger partial charge in [-0.25, -0.2) is 0 Å². The van der Waals surface area contributed by atoms with Crippen molar-refractivity contribution in [3.8, 4) is 17.2 Å². The smallest absolute Gasteiger partial charge is 0.203 e. The molecule has 2 atom stereocenters. The summed E-state index contributed by atoms with van der Waals surface area (Å²) in [5.41, 5.74) is 11.1. The van der Waals surface area contributed by atoms with E-state index in [1.165, 1.54) is 27.1 Å². The van der Waals surface area contributed by atoms with Crippen LogP contribution < -0.4 is 19.9 Å². The summed E-state index contributed by atoms with van der Waals surface area (Å²) in [6, 6.07) is 8.91. The highest BCUT2D eigenvalue weighted by Crippen LogP contribution is 2.55. The highest BCUT2D eigenvalue weighted by Gasteiger charge is 2.30. The van der Waals surface area contributed by atoms with Crippen molar-refractivity contribution in [2.24, 2.45) is 5.73 Å². The number of aryl methyl sites for hydroxylation is 1. The lowest BCUT2D eigenvalue weighted by Crippen LogP contribution is -2.02. The summed E-state index contributed by atoms with van der Waals surface area (Å²) in [5, 5.41) is 0.908. The highest BCUT2D eigenvalue weighted by atomic mass is 32.2. The Morgan fingerprint density at radius 3 is 2.03 bits per heavy atom. The minimum absolute atomic E-state index is 0.412. The summed E-state index contributed by atoms with van der Waals surface area (Å²) < 4.78 is 16.6. The third-order valence-electron chi connectivity index (χ3n) is 5.47. The third-order valence-corrected chi connectivity index (χ3v) is 8.32. The molecule has 1 aliphatic rings. The lowest BCUT2D eigenvalue weighted by molar-refractivity contribution is 0.323. The van der Waals surface area contributed by atoms with E-state index in [0.717, 1.165) is 30.1 Å². The van der Waals surface area contributed by atoms with Gasteiger partial charge in [-0.15, -0.1) is 23.5 Å². The van der Waals surface area contributed by atoms with E-state index in [0.29, 0.717) is 22.8 Å². The van der Waals surface area contributed by atoms with Gasteiger partial charge in [-0.2, -0.15) is 0 Å². The number of nitrogens with two attached hydrogens (primary N) is 1. The van der Waals surface area contributed by atoms with Crippen molar-refractivity contribution in [1.29, 1.82) is 0 Å². The van der Waals surface area contributed by atoms with E-state index >= 15 is 0 Å². The third kappa shape index (κ3) is 4.81. The molecule has 1 saturated heterocycles. The summed E-state index contributed by atoms with van der Waals surface area (Å²) in [6.07, 6.45) is 2.29. The second-order valence-electron chi connectivity index (χ2n) is 7.25. The molecule has 0 aliphatic carbocycles. The first-order valence-corrected chi connectivity index (χ1v) is 11.8. The van der Waals surface area contributed by atoms with Crippen LogP contribution in [0.2, 0.25) is 0 Å². The van der Waals surface area contributed by atoms with Crippen LogP contribution >= 0.6 is 23.5 Å². The Bertz CT molecular complexity index is 831. The lowest BCUT2D eigenvalue weighted by Gasteiger charge is -2.18. The standard InChI is InChI=1S/C23H31NO3S2/c1-14-10-16(13-22(15(14)2)28-9-8-24)20-6-7-21(29-20)17-11-18(25-3)23(27-5)19(12-17)26-4/h10-13,20-21H,6-9,24H2,1-5H3/t20-,21-/m1/s1. The minimum atomic E-state index is 0.412. The van der Waals surface area contributed by atoms with Crippen molar-refractivity contribution in [3.63, 3.8) is 0 Å². The number of hydrogen-bond acceptors (Lipinski definition) is 6. The van der Waals surface area contributed by atoms with Gasteiger partial charge in [0.1, 0.15) is 0 Å². The van der Waals surface area contributed by atoms with Crippen molar-refractivity contribution < 1.29 is 14.2 Å². The van der Waals surface area contributed by atoms with Crippen LogP contribution in [0.1, 0.15) is 45.6 Å². The molecule has 2 aromatic rings. The molecule has 0 radical (unpaired) electrons. The Balaban J connectivity index is 1.84. The van der Waals surface area contributed by atoms with Gasteiger partial charge in [0, 0.05) is 27.7 Å². The first-order valence-electron chi connectivity index (χ1n) is 9.91. The van der Waals surface area contributed by atoms with Gasteiger partial charge in [0.15, 0.2) is 11.5 Å². The SMILES string of the molecule is COc1cc([C@H]2CC[C@H](c3cc(C)c(C)c(SCCN)c3)S2)cc(OC)c1OC. The molecule has 1 heterocycles. The number of methoxy groups -OCH3 is 3. The molecular weight excluding hydrogens is 402 g/mol. The number of hydrogen-bond donors (Lipinski definition) is 1. The normalized spacial score (nSPS) is 18.7. The zero-order valence-corrected chi connectivity index (χ0v) is 19.5. The molecule has 2 aromatic carbocycles. The van der Waals surface area contributed by atoms with E-state index < -0.39 is 0 Å². The van der Waals surface area contributed by atoms with Crippen LogP contribution in [0.3, 0.4) is 0 Å². The van der Waals surface area contributed by atoms with Crippen molar-refractivity contribution in [2.45, 2.75) is 42.1 Å². The molecule has 4 nitrogen and oxygen atoms in total. The molecule has 1 aliphatic heterocycles. The van der Waals surface area contributed by atoms with Gasteiger partial charge in [0.05, 0.1) is 21.3 Å². The highest BCUT2D eigenvalue weighted by molar-refractivity contribution is 8.00. The number of ether oxygens (including phenoxy) is 3. The fraction of sp³-hybridized carbons (Fsp3) is 0.478. The van der Waals surface area contributed by atoms with Crippen LogP contribution in [0, 0.1) is 13.8 Å². The molecule has 0 unspecified atom stereocenters. The maximum atomic E-state index is 5.72. The average Bonchev–Trinajstić information content (AvgIpc) is 3.23. The van der Waals surface area contributed by atoms with Crippen LogP contribution in [0.25, 0.3) is 0 Å². The molecule has 0 saturated carbocycles. The van der Waals surface area contributed by atoms with Crippen molar-refractivity contribution in [1.82, 2.24) is 0 Å². The predicted molar refractivity (Wildman–Crippen MR) is 124 cm³/mol. The Labute approximate surface area is 182 Å². The number of thioether (sulfide) groups is 2. The molecule has 158 valence electrons. The monoisotopic (exact) mass is 433 g/mol. The molecular formula is C23H31NO3S2. The minimum Gasteiger partial charge on any atom is -0.493 e. The van der Waals surface area contributed by atoms with E-state index in [-0.39, 0.29) is 0 Å². The fourth-order valence-corrected chi connectivity index (χ4v) is 6.24. The zero-order valence-electron chi connectivity index (χ0n) is 17.9. The van der Waals surface area contributed by atoms with Crippen LogP contribution in [-0.4, -0.2) is 33.6 Å². The van der Waals surface area contributed by atoms with Gasteiger partial charge in [-0.1, -0.05) is 6.07 Å². The number of benzene rings is 2. The van der Waals surface area contributed by atoms with Crippen LogP contribution in [0.15, 0.2) is 29.2 Å². The Kier molecular flexibility index (Phi) is 7.66. The Morgan fingerprint density at radius 2 is 1.52 bits per heavy atom. The van der Waals surface area contributed by atoms with E-state index in [4.69, 9.17) is 19.9 Å². The molecule has 0 bridgehead atoms. The van der Waals surface area contributed by atoms with E-state index in [9.17, 15) is 0 Å². The number of rotatable bonds is 8. The lowest BCUT2D eigenvalue weighted by atomic mass is 10.00. The maximum Gasteiger partial charge on any atom is 0.203 e. The second kappa shape index (κ2) is 10.0. The predicted octanol–water partition coefficient (Wildman–Crippen LogP) is 5.69. The van der Waals surface area contributed by atoms with Gasteiger partial charge >= 0.3 is 0 Å². The summed E-state index contributed by atoms with van der Waals surface area (Å²) >= 11 is 3.89. The van der Waals surface area contributed by atoms with Gasteiger partial charge < -0.3 is 19.9 Å². The largest absolute Gasteiger partial charge is 0.493 e. The second-order valence-corrected chi connectivity index (χ2v) is 9.79. The summed E-state index contributed by atoms with van der Waals surface area (Å²) in [4.78, 5) is 1.36. The molecule has 1 fully saturated rings. The summed E-state index contributed by atoms with van der Waals surface area (Å²) in [7, 11) is 4.98. The molecule has 0 aromatic heterocycles. The Morgan fingerprint density at radius 1 is 0.931 bits per heavy atom. The van der Waals surface area contributed by atoms with Gasteiger partial charge in [-0.3, -0.25) is 0 Å².